The van der Waals surface area contributed by atoms with Crippen molar-refractivity contribution >= 4 is 46.6 Å². The molecule has 0 saturated carbocycles. The number of benzene rings is 2. The number of aryl methyl sites for hydroxylation is 1. The molecule has 156 valence electrons. The summed E-state index contributed by atoms with van der Waals surface area (Å²) in [5.74, 6) is -0.125. The van der Waals surface area contributed by atoms with E-state index in [0.29, 0.717) is 32.9 Å². The summed E-state index contributed by atoms with van der Waals surface area (Å²) >= 11 is 18.5. The summed E-state index contributed by atoms with van der Waals surface area (Å²) in [6, 6.07) is 9.51. The summed E-state index contributed by atoms with van der Waals surface area (Å²) < 4.78 is 5.63. The van der Waals surface area contributed by atoms with Gasteiger partial charge in [0.2, 0.25) is 5.91 Å². The normalized spacial score (nSPS) is 11.7. The number of nitrogens with one attached hydrogen (secondary N) is 1. The third-order valence-electron chi connectivity index (χ3n) is 4.40. The molecule has 0 spiro atoms. The maximum Gasteiger partial charge on any atom is 0.261 e. The van der Waals surface area contributed by atoms with Crippen LogP contribution in [0.5, 0.6) is 5.75 Å². The Balaban J connectivity index is 2.22. The van der Waals surface area contributed by atoms with E-state index in [2.05, 4.69) is 5.32 Å². The molecule has 1 unspecified atom stereocenters. The van der Waals surface area contributed by atoms with Crippen LogP contribution in [0.4, 0.5) is 0 Å². The highest BCUT2D eigenvalue weighted by Crippen LogP contribution is 2.27. The van der Waals surface area contributed by atoms with Gasteiger partial charge in [0.1, 0.15) is 11.8 Å². The number of likely N-dealkylation sites (N-methyl/N-ethyl adjacent to an activating group) is 1. The van der Waals surface area contributed by atoms with E-state index >= 15 is 0 Å². The van der Waals surface area contributed by atoms with Crippen molar-refractivity contribution < 1.29 is 14.3 Å². The lowest BCUT2D eigenvalue weighted by Crippen LogP contribution is -2.49. The van der Waals surface area contributed by atoms with Gasteiger partial charge in [0.15, 0.2) is 6.61 Å². The lowest BCUT2D eigenvalue weighted by molar-refractivity contribution is -0.142. The molecule has 1 N–H and O–H groups in total. The molecular weight excluding hydrogens is 435 g/mol. The van der Waals surface area contributed by atoms with Gasteiger partial charge in [-0.15, -0.1) is 0 Å². The molecule has 0 heterocycles. The predicted octanol–water partition coefficient (Wildman–Crippen LogP) is 4.89. The first-order valence-corrected chi connectivity index (χ1v) is 10.3. The van der Waals surface area contributed by atoms with Gasteiger partial charge in [0.05, 0.1) is 0 Å². The molecule has 0 fully saturated rings. The first-order chi connectivity index (χ1) is 13.7. The zero-order chi connectivity index (χ0) is 21.6. The number of amides is 2. The van der Waals surface area contributed by atoms with Crippen LogP contribution >= 0.6 is 34.8 Å². The molecule has 0 aliphatic heterocycles. The van der Waals surface area contributed by atoms with Crippen LogP contribution < -0.4 is 10.1 Å². The summed E-state index contributed by atoms with van der Waals surface area (Å²) in [4.78, 5) is 26.7. The Kier molecular flexibility index (Phi) is 8.62. The van der Waals surface area contributed by atoms with Crippen molar-refractivity contribution in [3.8, 4) is 5.75 Å². The molecule has 0 aliphatic carbocycles. The van der Waals surface area contributed by atoms with E-state index in [1.54, 1.807) is 43.3 Å². The van der Waals surface area contributed by atoms with E-state index in [0.717, 1.165) is 5.56 Å². The predicted molar refractivity (Wildman–Crippen MR) is 117 cm³/mol. The Morgan fingerprint density at radius 3 is 2.34 bits per heavy atom. The van der Waals surface area contributed by atoms with Crippen LogP contribution in [0.2, 0.25) is 15.1 Å². The first kappa shape index (κ1) is 23.3. The first-order valence-electron chi connectivity index (χ1n) is 9.13. The molecule has 0 aromatic heterocycles. The van der Waals surface area contributed by atoms with Gasteiger partial charge in [-0.3, -0.25) is 9.59 Å². The lowest BCUT2D eigenvalue weighted by atomic mass is 10.1. The summed E-state index contributed by atoms with van der Waals surface area (Å²) in [6.07, 6.45) is 0. The van der Waals surface area contributed by atoms with Crippen molar-refractivity contribution in [3.63, 3.8) is 0 Å². The van der Waals surface area contributed by atoms with Crippen molar-refractivity contribution in [2.24, 2.45) is 0 Å². The number of hydrogen-bond donors (Lipinski definition) is 1. The van der Waals surface area contributed by atoms with Crippen molar-refractivity contribution in [2.75, 3.05) is 13.2 Å². The monoisotopic (exact) mass is 456 g/mol. The minimum absolute atomic E-state index is 0.0820. The second-order valence-corrected chi connectivity index (χ2v) is 7.71. The van der Waals surface area contributed by atoms with Crippen LogP contribution in [0.1, 0.15) is 25.0 Å². The number of ether oxygens (including phenoxy) is 1. The van der Waals surface area contributed by atoms with E-state index in [9.17, 15) is 9.59 Å². The fourth-order valence-electron chi connectivity index (χ4n) is 2.69. The summed E-state index contributed by atoms with van der Waals surface area (Å²) in [7, 11) is 0. The number of hydrogen-bond acceptors (Lipinski definition) is 3. The third kappa shape index (κ3) is 6.26. The van der Waals surface area contributed by atoms with Gasteiger partial charge in [-0.25, -0.2) is 0 Å². The number of nitrogens with zero attached hydrogens (tertiary/aromatic N) is 1. The molecule has 2 rings (SSSR count). The van der Waals surface area contributed by atoms with Crippen LogP contribution in [0.25, 0.3) is 0 Å². The van der Waals surface area contributed by atoms with Gasteiger partial charge in [-0.2, -0.15) is 0 Å². The Morgan fingerprint density at radius 1 is 1.10 bits per heavy atom. The lowest BCUT2D eigenvalue weighted by Gasteiger charge is -2.29. The summed E-state index contributed by atoms with van der Waals surface area (Å²) in [5.41, 5.74) is 1.41. The molecule has 2 aromatic carbocycles. The molecule has 29 heavy (non-hydrogen) atoms. The fraction of sp³-hybridized carbons (Fsp3) is 0.333. The Bertz CT molecular complexity index is 869. The highest BCUT2D eigenvalue weighted by molar-refractivity contribution is 6.36. The van der Waals surface area contributed by atoms with Crippen molar-refractivity contribution in [2.45, 2.75) is 33.4 Å². The van der Waals surface area contributed by atoms with E-state index in [1.165, 1.54) is 4.90 Å². The zero-order valence-electron chi connectivity index (χ0n) is 16.5. The summed E-state index contributed by atoms with van der Waals surface area (Å²) in [6.45, 7) is 5.61. The molecule has 2 aromatic rings. The maximum absolute atomic E-state index is 13.0. The Hall–Kier alpha value is -1.95. The zero-order valence-corrected chi connectivity index (χ0v) is 18.7. The van der Waals surface area contributed by atoms with Crippen molar-refractivity contribution in [1.29, 1.82) is 0 Å². The van der Waals surface area contributed by atoms with E-state index in [-0.39, 0.29) is 25.0 Å². The highest BCUT2D eigenvalue weighted by atomic mass is 35.5. The topological polar surface area (TPSA) is 58.6 Å². The average molecular weight is 458 g/mol. The third-order valence-corrected chi connectivity index (χ3v) is 5.53. The fourth-order valence-corrected chi connectivity index (χ4v) is 3.33. The number of carbonyl (C=O) groups is 2. The molecule has 5 nitrogen and oxygen atoms in total. The second kappa shape index (κ2) is 10.7. The smallest absolute Gasteiger partial charge is 0.261 e. The number of halogens is 3. The molecule has 0 radical (unpaired) electrons. The molecule has 0 saturated heterocycles. The second-order valence-electron chi connectivity index (χ2n) is 6.49. The van der Waals surface area contributed by atoms with Crippen molar-refractivity contribution in [3.05, 3.63) is 62.6 Å². The molecule has 8 heteroatoms. The minimum atomic E-state index is -0.731. The number of carbonyl (C=O) groups excluding carboxylic acids is 2. The van der Waals surface area contributed by atoms with E-state index in [1.807, 2.05) is 13.8 Å². The molecule has 1 atom stereocenters. The minimum Gasteiger partial charge on any atom is -0.484 e. The Morgan fingerprint density at radius 2 is 1.76 bits per heavy atom. The van der Waals surface area contributed by atoms with Gasteiger partial charge in [-0.05, 0) is 56.7 Å². The quantitative estimate of drug-likeness (QED) is 0.614. The standard InChI is InChI=1S/C21H23Cl3N2O3/c1-4-25-21(28)14(3)26(11-16-18(23)6-5-7-19(16)24)20(27)12-29-15-8-9-17(22)13(2)10-15/h5-10,14H,4,11-12H2,1-3H3,(H,25,28). The van der Waals surface area contributed by atoms with Crippen LogP contribution in [0.15, 0.2) is 36.4 Å². The van der Waals surface area contributed by atoms with Crippen LogP contribution in [-0.4, -0.2) is 35.9 Å². The Labute approximate surface area is 185 Å². The van der Waals surface area contributed by atoms with Crippen LogP contribution in [-0.2, 0) is 16.1 Å². The van der Waals surface area contributed by atoms with Gasteiger partial charge in [-0.1, -0.05) is 40.9 Å². The van der Waals surface area contributed by atoms with E-state index < -0.39 is 6.04 Å². The maximum atomic E-state index is 13.0. The van der Waals surface area contributed by atoms with Crippen LogP contribution in [0.3, 0.4) is 0 Å². The molecule has 0 bridgehead atoms. The SMILES string of the molecule is CCNC(=O)C(C)N(Cc1c(Cl)cccc1Cl)C(=O)COc1ccc(Cl)c(C)c1. The molecule has 2 amide bonds. The highest BCUT2D eigenvalue weighted by Gasteiger charge is 2.27. The molecular formula is C21H23Cl3N2O3. The summed E-state index contributed by atoms with van der Waals surface area (Å²) in [5, 5.41) is 4.19. The number of rotatable bonds is 8. The average Bonchev–Trinajstić information content (AvgIpc) is 2.68. The van der Waals surface area contributed by atoms with Crippen LogP contribution in [0, 0.1) is 6.92 Å². The van der Waals surface area contributed by atoms with Gasteiger partial charge < -0.3 is 15.0 Å². The van der Waals surface area contributed by atoms with Gasteiger partial charge in [0.25, 0.3) is 5.91 Å². The van der Waals surface area contributed by atoms with Crippen molar-refractivity contribution in [1.82, 2.24) is 10.2 Å². The largest absolute Gasteiger partial charge is 0.484 e. The molecule has 0 aliphatic rings. The van der Waals surface area contributed by atoms with Gasteiger partial charge in [0, 0.05) is 33.7 Å². The van der Waals surface area contributed by atoms with E-state index in [4.69, 9.17) is 39.5 Å². The van der Waals surface area contributed by atoms with Gasteiger partial charge >= 0.3 is 0 Å².